The Morgan fingerprint density at radius 3 is 1.00 bits per heavy atom. The fourth-order valence-electron chi connectivity index (χ4n) is 3.39. The van der Waals surface area contributed by atoms with Crippen molar-refractivity contribution in [2.45, 2.75) is 142 Å². The maximum atomic E-state index is 11.0. The van der Waals surface area contributed by atoms with E-state index in [0.29, 0.717) is 12.8 Å². The minimum Gasteiger partial charge on any atom is -0.372 e. The van der Waals surface area contributed by atoms with Crippen LogP contribution < -0.4 is 0 Å². The van der Waals surface area contributed by atoms with E-state index in [1.165, 1.54) is 89.9 Å². The second-order valence-corrected chi connectivity index (χ2v) is 8.34. The molecule has 4 nitrogen and oxygen atoms in total. The van der Waals surface area contributed by atoms with Crippen molar-refractivity contribution >= 4 is 11.9 Å². The van der Waals surface area contributed by atoms with E-state index in [-0.39, 0.29) is 11.9 Å². The first-order valence-corrected chi connectivity index (χ1v) is 12.9. The molecule has 184 valence electrons. The quantitative estimate of drug-likeness (QED) is 0.107. The summed E-state index contributed by atoms with van der Waals surface area (Å²) in [5.41, 5.74) is 0. The van der Waals surface area contributed by atoms with Gasteiger partial charge in [0.2, 0.25) is 0 Å². The third-order valence-corrected chi connectivity index (χ3v) is 5.31. The highest BCUT2D eigenvalue weighted by Crippen LogP contribution is 2.13. The van der Waals surface area contributed by atoms with Gasteiger partial charge in [-0.3, -0.25) is 9.59 Å². The number of esters is 2. The van der Waals surface area contributed by atoms with Gasteiger partial charge in [0.1, 0.15) is 12.2 Å². The monoisotopic (exact) mass is 448 g/mol. The molecule has 0 amide bonds. The van der Waals surface area contributed by atoms with Crippen molar-refractivity contribution in [3.8, 4) is 25.1 Å². The zero-order chi connectivity index (χ0) is 24.1. The highest BCUT2D eigenvalue weighted by atomic mass is 16.5. The summed E-state index contributed by atoms with van der Waals surface area (Å²) in [4.78, 5) is 21.7. The number of rotatable bonds is 20. The second-order valence-electron chi connectivity index (χ2n) is 8.34. The molecule has 0 saturated heterocycles. The number of ether oxygens (including phenoxy) is 2. The molecule has 0 aromatic carbocycles. The molecule has 0 atom stereocenters. The summed E-state index contributed by atoms with van der Waals surface area (Å²) in [5.74, 6) is -0.551. The van der Waals surface area contributed by atoms with Gasteiger partial charge >= 0.3 is 11.9 Å². The van der Waals surface area contributed by atoms with Gasteiger partial charge in [-0.2, -0.15) is 0 Å². The third-order valence-electron chi connectivity index (χ3n) is 5.31. The first-order chi connectivity index (χ1) is 15.6. The first kappa shape index (κ1) is 32.2. The van der Waals surface area contributed by atoms with Crippen molar-refractivity contribution in [2.75, 3.05) is 0 Å². The Morgan fingerprint density at radius 1 is 0.500 bits per heavy atom. The van der Waals surface area contributed by atoms with E-state index in [2.05, 4.69) is 23.3 Å². The number of hydrogen-bond donors (Lipinski definition) is 0. The van der Waals surface area contributed by atoms with E-state index in [9.17, 15) is 9.59 Å². The van der Waals surface area contributed by atoms with E-state index in [4.69, 9.17) is 12.8 Å². The summed E-state index contributed by atoms with van der Waals surface area (Å²) in [6.45, 7) is 4.42. The summed E-state index contributed by atoms with van der Waals surface area (Å²) in [7, 11) is 0. The molecule has 0 heterocycles. The molecule has 0 radical (unpaired) electrons. The maximum absolute atomic E-state index is 11.0. The Morgan fingerprint density at radius 2 is 0.750 bits per heavy atom. The molecular formula is C28H48O4. The van der Waals surface area contributed by atoms with Gasteiger partial charge in [-0.05, 0) is 12.8 Å². The van der Waals surface area contributed by atoms with Gasteiger partial charge in [-0.25, -0.2) is 0 Å². The molecule has 0 aromatic rings. The lowest BCUT2D eigenvalue weighted by atomic mass is 10.0. The molecule has 0 aliphatic heterocycles. The van der Waals surface area contributed by atoms with Crippen LogP contribution in [0.15, 0.2) is 0 Å². The molecule has 0 aliphatic carbocycles. The maximum Gasteiger partial charge on any atom is 0.319 e. The molecule has 0 bridgehead atoms. The van der Waals surface area contributed by atoms with Crippen molar-refractivity contribution < 1.29 is 19.1 Å². The SMILES string of the molecule is C#COC(=O)CCCCCCC.C#COC(=O)CCCCCCCCCCCCCCC. The van der Waals surface area contributed by atoms with Crippen LogP contribution in [0.25, 0.3) is 0 Å². The summed E-state index contributed by atoms with van der Waals surface area (Å²) >= 11 is 0. The molecule has 0 fully saturated rings. The van der Waals surface area contributed by atoms with E-state index in [1.807, 2.05) is 12.2 Å². The van der Waals surface area contributed by atoms with E-state index in [0.717, 1.165) is 25.7 Å². The fraction of sp³-hybridized carbons (Fsp3) is 0.786. The van der Waals surface area contributed by atoms with Gasteiger partial charge < -0.3 is 9.47 Å². The lowest BCUT2D eigenvalue weighted by Crippen LogP contribution is -1.98. The largest absolute Gasteiger partial charge is 0.372 e. The van der Waals surface area contributed by atoms with Gasteiger partial charge in [-0.1, -0.05) is 129 Å². The van der Waals surface area contributed by atoms with Crippen LogP contribution in [0.2, 0.25) is 0 Å². The molecule has 0 rings (SSSR count). The minimum absolute atomic E-state index is 0.268. The normalized spacial score (nSPS) is 9.75. The van der Waals surface area contributed by atoms with Crippen LogP contribution in [0, 0.1) is 25.1 Å². The van der Waals surface area contributed by atoms with E-state index in [1.54, 1.807) is 0 Å². The van der Waals surface area contributed by atoms with Crippen LogP contribution in [-0.2, 0) is 19.1 Å². The zero-order valence-electron chi connectivity index (χ0n) is 20.9. The van der Waals surface area contributed by atoms with Crippen molar-refractivity contribution in [3.05, 3.63) is 0 Å². The molecule has 4 heteroatoms. The molecule has 0 spiro atoms. The van der Waals surface area contributed by atoms with Gasteiger partial charge in [-0.15, -0.1) is 0 Å². The van der Waals surface area contributed by atoms with Crippen LogP contribution in [0.5, 0.6) is 0 Å². The fourth-order valence-corrected chi connectivity index (χ4v) is 3.39. The Hall–Kier alpha value is -1.94. The van der Waals surface area contributed by atoms with Gasteiger partial charge in [0, 0.05) is 12.8 Å². The number of carbonyl (C=O) groups excluding carboxylic acids is 2. The smallest absolute Gasteiger partial charge is 0.319 e. The number of terminal acetylenes is 2. The summed E-state index contributed by atoms with van der Waals surface area (Å²) in [5, 5.41) is 0. The molecule has 32 heavy (non-hydrogen) atoms. The Bertz CT molecular complexity index is 499. The van der Waals surface area contributed by atoms with Crippen molar-refractivity contribution in [3.63, 3.8) is 0 Å². The van der Waals surface area contributed by atoms with Gasteiger partial charge in [0.05, 0.1) is 0 Å². The van der Waals surface area contributed by atoms with Crippen LogP contribution in [0.4, 0.5) is 0 Å². The molecule has 0 N–H and O–H groups in total. The van der Waals surface area contributed by atoms with E-state index < -0.39 is 0 Å². The van der Waals surface area contributed by atoms with Crippen LogP contribution in [0.3, 0.4) is 0 Å². The van der Waals surface area contributed by atoms with Crippen LogP contribution >= 0.6 is 0 Å². The minimum atomic E-state index is -0.283. The molecule has 0 aliphatic rings. The molecule has 0 saturated carbocycles. The zero-order valence-corrected chi connectivity index (χ0v) is 20.9. The van der Waals surface area contributed by atoms with Crippen molar-refractivity contribution in [1.29, 1.82) is 0 Å². The second kappa shape index (κ2) is 29.1. The average Bonchev–Trinajstić information content (AvgIpc) is 2.77. The molecule has 0 unspecified atom stereocenters. The lowest BCUT2D eigenvalue weighted by Gasteiger charge is -2.02. The first-order valence-electron chi connectivity index (χ1n) is 12.9. The van der Waals surface area contributed by atoms with Crippen molar-refractivity contribution in [2.24, 2.45) is 0 Å². The van der Waals surface area contributed by atoms with Crippen LogP contribution in [-0.4, -0.2) is 11.9 Å². The summed E-state index contributed by atoms with van der Waals surface area (Å²) < 4.78 is 8.78. The standard InChI is InChI=1S/C18H32O2.C10H16O2/c1-3-5-6-7-8-9-10-11-12-13-14-15-16-17-18(19)20-4-2;1-3-5-6-7-8-9-10(11)12-4-2/h2H,3,5-17H2,1H3;2H,3,5-9H2,1H3. The number of carbonyl (C=O) groups is 2. The van der Waals surface area contributed by atoms with Crippen LogP contribution in [0.1, 0.15) is 142 Å². The Labute approximate surface area is 198 Å². The molecular weight excluding hydrogens is 400 g/mol. The Kier molecular flexibility index (Phi) is 29.3. The topological polar surface area (TPSA) is 52.6 Å². The predicted molar refractivity (Wildman–Crippen MR) is 134 cm³/mol. The Balaban J connectivity index is 0. The van der Waals surface area contributed by atoms with Crippen molar-refractivity contribution in [1.82, 2.24) is 0 Å². The highest BCUT2D eigenvalue weighted by molar-refractivity contribution is 5.70. The average molecular weight is 449 g/mol. The highest BCUT2D eigenvalue weighted by Gasteiger charge is 2.01. The molecule has 0 aromatic heterocycles. The summed E-state index contributed by atoms with van der Waals surface area (Å²) in [6, 6.07) is 0. The van der Waals surface area contributed by atoms with Gasteiger partial charge in [0.25, 0.3) is 0 Å². The lowest BCUT2D eigenvalue weighted by molar-refractivity contribution is -0.137. The number of hydrogen-bond acceptors (Lipinski definition) is 4. The third kappa shape index (κ3) is 30.3. The number of unbranched alkanes of at least 4 members (excludes halogenated alkanes) is 16. The van der Waals surface area contributed by atoms with E-state index >= 15 is 0 Å². The predicted octanol–water partition coefficient (Wildman–Crippen LogP) is 8.08. The summed E-state index contributed by atoms with van der Waals surface area (Å²) in [6.07, 6.45) is 37.0. The van der Waals surface area contributed by atoms with Gasteiger partial charge in [0.15, 0.2) is 0 Å².